The quantitative estimate of drug-likeness (QED) is 0.687. The molecule has 0 spiro atoms. The van der Waals surface area contributed by atoms with Crippen molar-refractivity contribution < 1.29 is 21.2 Å². The summed E-state index contributed by atoms with van der Waals surface area (Å²) in [6.07, 6.45) is 2.28. The summed E-state index contributed by atoms with van der Waals surface area (Å²) in [5.74, 6) is -1.13. The Morgan fingerprint density at radius 1 is 1.21 bits per heavy atom. The molecule has 0 amide bonds. The number of hydrogen-bond donors (Lipinski definition) is 1. The fraction of sp³-hybridized carbons (Fsp3) is 0.684. The molecule has 0 aromatic heterocycles. The van der Waals surface area contributed by atoms with Crippen LogP contribution in [0.3, 0.4) is 0 Å². The molecule has 0 aliphatic carbocycles. The monoisotopic (exact) mass is 432 g/mol. The maximum absolute atomic E-state index is 13.4. The van der Waals surface area contributed by atoms with Gasteiger partial charge in [0, 0.05) is 18.1 Å². The second-order valence-corrected chi connectivity index (χ2v) is 12.9. The highest BCUT2D eigenvalue weighted by Crippen LogP contribution is 2.29. The van der Waals surface area contributed by atoms with E-state index in [1.165, 1.54) is 13.0 Å². The molecule has 2 fully saturated rings. The molecular formula is C19H29FN2O4S2. The fourth-order valence-electron chi connectivity index (χ4n) is 4.22. The molecule has 2 heterocycles. The predicted molar refractivity (Wildman–Crippen MR) is 107 cm³/mol. The summed E-state index contributed by atoms with van der Waals surface area (Å²) in [5.41, 5.74) is 0.101. The maximum Gasteiger partial charge on any atom is 0.184 e. The van der Waals surface area contributed by atoms with Crippen LogP contribution in [0.25, 0.3) is 0 Å². The van der Waals surface area contributed by atoms with Crippen LogP contribution in [0, 0.1) is 12.7 Å². The van der Waals surface area contributed by atoms with E-state index >= 15 is 0 Å². The van der Waals surface area contributed by atoms with Crippen LogP contribution in [0.2, 0.25) is 0 Å². The van der Waals surface area contributed by atoms with Crippen molar-refractivity contribution in [1.29, 1.82) is 0 Å². The summed E-state index contributed by atoms with van der Waals surface area (Å²) >= 11 is 0. The largest absolute Gasteiger partial charge is 0.310 e. The normalized spacial score (nSPS) is 26.0. The summed E-state index contributed by atoms with van der Waals surface area (Å²) in [6.45, 7) is 8.19. The lowest BCUT2D eigenvalue weighted by Crippen LogP contribution is -2.54. The Morgan fingerprint density at radius 3 is 2.46 bits per heavy atom. The van der Waals surface area contributed by atoms with Gasteiger partial charge in [-0.2, -0.15) is 0 Å². The van der Waals surface area contributed by atoms with Gasteiger partial charge in [0.1, 0.15) is 5.82 Å². The molecule has 1 N–H and O–H groups in total. The van der Waals surface area contributed by atoms with Crippen LogP contribution in [0.1, 0.15) is 32.3 Å². The molecule has 0 bridgehead atoms. The van der Waals surface area contributed by atoms with Gasteiger partial charge in [-0.3, -0.25) is 4.90 Å². The van der Waals surface area contributed by atoms with Crippen molar-refractivity contribution >= 4 is 19.7 Å². The zero-order valence-corrected chi connectivity index (χ0v) is 18.2. The van der Waals surface area contributed by atoms with Crippen molar-refractivity contribution in [3.05, 3.63) is 29.6 Å². The van der Waals surface area contributed by atoms with Crippen molar-refractivity contribution in [2.24, 2.45) is 0 Å². The number of hydrogen-bond acceptors (Lipinski definition) is 6. The standard InChI is InChI=1S/C19H29FN2O4S2/c1-14-10-15(20)6-7-17(14)28(25,26)18-12-27(23,24)11-16(18)21-13-19(2,3)22-8-4-5-9-22/h6-7,10,16,18,21H,4-5,8-9,11-13H2,1-3H3/t16-,18-/m0/s1. The SMILES string of the molecule is Cc1cc(F)ccc1S(=O)(=O)[C@H]1CS(=O)(=O)C[C@@H]1NCC(C)(C)N1CCCC1. The molecule has 1 aromatic rings. The molecule has 6 nitrogen and oxygen atoms in total. The first-order chi connectivity index (χ1) is 12.9. The first-order valence-corrected chi connectivity index (χ1v) is 13.0. The van der Waals surface area contributed by atoms with Crippen molar-refractivity contribution in [2.45, 2.75) is 55.3 Å². The molecule has 2 aliphatic rings. The van der Waals surface area contributed by atoms with E-state index in [0.717, 1.165) is 38.1 Å². The molecule has 158 valence electrons. The molecule has 0 radical (unpaired) electrons. The lowest BCUT2D eigenvalue weighted by Gasteiger charge is -2.37. The minimum absolute atomic E-state index is 0.00148. The van der Waals surface area contributed by atoms with Crippen molar-refractivity contribution in [1.82, 2.24) is 10.2 Å². The van der Waals surface area contributed by atoms with Gasteiger partial charge in [0.25, 0.3) is 0 Å². The minimum Gasteiger partial charge on any atom is -0.310 e. The third-order valence-corrected chi connectivity index (χ3v) is 10.2. The number of aryl methyl sites for hydroxylation is 1. The van der Waals surface area contributed by atoms with Crippen LogP contribution in [0.5, 0.6) is 0 Å². The van der Waals surface area contributed by atoms with E-state index in [1.54, 1.807) is 0 Å². The Labute approximate surface area is 167 Å². The first-order valence-electron chi connectivity index (χ1n) is 9.61. The number of rotatable bonds is 6. The smallest absolute Gasteiger partial charge is 0.184 e. The third-order valence-electron chi connectivity index (χ3n) is 5.90. The highest BCUT2D eigenvalue weighted by Gasteiger charge is 2.46. The fourth-order valence-corrected chi connectivity index (χ4v) is 9.17. The number of halogens is 1. The van der Waals surface area contributed by atoms with E-state index in [4.69, 9.17) is 0 Å². The lowest BCUT2D eigenvalue weighted by molar-refractivity contribution is 0.148. The van der Waals surface area contributed by atoms with Gasteiger partial charge in [-0.15, -0.1) is 0 Å². The molecule has 0 saturated carbocycles. The van der Waals surface area contributed by atoms with Crippen LogP contribution >= 0.6 is 0 Å². The topological polar surface area (TPSA) is 83.5 Å². The highest BCUT2D eigenvalue weighted by atomic mass is 32.2. The number of likely N-dealkylation sites (tertiary alicyclic amines) is 1. The van der Waals surface area contributed by atoms with Crippen LogP contribution in [-0.2, 0) is 19.7 Å². The summed E-state index contributed by atoms with van der Waals surface area (Å²) in [7, 11) is -7.39. The van der Waals surface area contributed by atoms with Gasteiger partial charge in [0.05, 0.1) is 21.7 Å². The van der Waals surface area contributed by atoms with E-state index in [1.807, 2.05) is 0 Å². The molecular weight excluding hydrogens is 403 g/mol. The molecule has 2 saturated heterocycles. The van der Waals surface area contributed by atoms with Crippen molar-refractivity contribution in [2.75, 3.05) is 31.1 Å². The van der Waals surface area contributed by atoms with E-state index in [2.05, 4.69) is 24.1 Å². The molecule has 0 unspecified atom stereocenters. The average molecular weight is 433 g/mol. The Hall–Kier alpha value is -1.03. The number of nitrogens with one attached hydrogen (secondary N) is 1. The Kier molecular flexibility index (Phi) is 5.93. The zero-order chi connectivity index (χ0) is 20.7. The van der Waals surface area contributed by atoms with Crippen molar-refractivity contribution in [3.63, 3.8) is 0 Å². The van der Waals surface area contributed by atoms with Gasteiger partial charge in [0.2, 0.25) is 0 Å². The molecule has 28 heavy (non-hydrogen) atoms. The van der Waals surface area contributed by atoms with Gasteiger partial charge in [-0.1, -0.05) is 0 Å². The van der Waals surface area contributed by atoms with E-state index < -0.39 is 42.5 Å². The van der Waals surface area contributed by atoms with E-state index in [-0.39, 0.29) is 16.2 Å². The number of nitrogens with zero attached hydrogens (tertiary/aromatic N) is 1. The lowest BCUT2D eigenvalue weighted by atomic mass is 10.0. The van der Waals surface area contributed by atoms with Crippen molar-refractivity contribution in [3.8, 4) is 0 Å². The van der Waals surface area contributed by atoms with Crippen LogP contribution < -0.4 is 5.32 Å². The van der Waals surface area contributed by atoms with Gasteiger partial charge in [-0.25, -0.2) is 21.2 Å². The van der Waals surface area contributed by atoms with Crippen LogP contribution in [0.4, 0.5) is 4.39 Å². The average Bonchev–Trinajstić information content (AvgIpc) is 3.21. The third kappa shape index (κ3) is 4.42. The van der Waals surface area contributed by atoms with Gasteiger partial charge in [0.15, 0.2) is 19.7 Å². The van der Waals surface area contributed by atoms with Gasteiger partial charge in [-0.05, 0) is 70.5 Å². The highest BCUT2D eigenvalue weighted by molar-refractivity contribution is 7.96. The van der Waals surface area contributed by atoms with Gasteiger partial charge < -0.3 is 5.32 Å². The zero-order valence-electron chi connectivity index (χ0n) is 16.6. The molecule has 1 aromatic carbocycles. The summed E-state index contributed by atoms with van der Waals surface area (Å²) in [5, 5.41) is 2.16. The molecule has 9 heteroatoms. The number of benzene rings is 1. The van der Waals surface area contributed by atoms with Crippen LogP contribution in [0.15, 0.2) is 23.1 Å². The second kappa shape index (κ2) is 7.66. The number of sulfone groups is 2. The second-order valence-electron chi connectivity index (χ2n) is 8.56. The predicted octanol–water partition coefficient (Wildman–Crippen LogP) is 1.54. The first kappa shape index (κ1) is 21.7. The van der Waals surface area contributed by atoms with E-state index in [9.17, 15) is 21.2 Å². The molecule has 3 rings (SSSR count). The summed E-state index contributed by atoms with van der Waals surface area (Å²) < 4.78 is 64.4. The Bertz CT molecular complexity index is 939. The minimum atomic E-state index is -3.92. The molecule has 2 atom stereocenters. The summed E-state index contributed by atoms with van der Waals surface area (Å²) in [4.78, 5) is 2.35. The maximum atomic E-state index is 13.4. The van der Waals surface area contributed by atoms with Crippen LogP contribution in [-0.4, -0.2) is 69.7 Å². The Balaban J connectivity index is 1.84. The molecule has 2 aliphatic heterocycles. The summed E-state index contributed by atoms with van der Waals surface area (Å²) in [6, 6.07) is 2.81. The Morgan fingerprint density at radius 2 is 1.86 bits per heavy atom. The van der Waals surface area contributed by atoms with Gasteiger partial charge >= 0.3 is 0 Å². The van der Waals surface area contributed by atoms with E-state index in [0.29, 0.717) is 12.1 Å².